The number of benzene rings is 1. The second-order valence-corrected chi connectivity index (χ2v) is 2.81. The molecule has 1 aromatic rings. The monoisotopic (exact) mass is 187 g/mol. The summed E-state index contributed by atoms with van der Waals surface area (Å²) < 4.78 is 21.7. The van der Waals surface area contributed by atoms with E-state index in [-0.39, 0.29) is 21.9 Å². The van der Waals surface area contributed by atoms with Crippen LogP contribution in [0, 0.1) is 13.8 Å². The van der Waals surface area contributed by atoms with Crippen LogP contribution in [0.3, 0.4) is 0 Å². The summed E-state index contributed by atoms with van der Waals surface area (Å²) in [6.45, 7) is -0.956. The number of halogens is 1. The van der Waals surface area contributed by atoms with Gasteiger partial charge in [-0.2, -0.15) is 0 Å². The van der Waals surface area contributed by atoms with E-state index in [2.05, 4.69) is 0 Å². The zero-order valence-electron chi connectivity index (χ0n) is 9.39. The largest absolute Gasteiger partial charge is 0.507 e. The Labute approximate surface area is 80.0 Å². The van der Waals surface area contributed by atoms with Crippen molar-refractivity contribution in [1.82, 2.24) is 0 Å². The summed E-state index contributed by atoms with van der Waals surface area (Å²) in [4.78, 5) is 10.7. The third-order valence-corrected chi connectivity index (χ3v) is 2.07. The number of hydrogen-bond acceptors (Lipinski definition) is 2. The average molecular weight is 188 g/mol. The Morgan fingerprint density at radius 2 is 2.42 bits per heavy atom. The van der Waals surface area contributed by atoms with Crippen LogP contribution in [0.2, 0.25) is 5.02 Å². The van der Waals surface area contributed by atoms with E-state index in [0.29, 0.717) is 11.8 Å². The van der Waals surface area contributed by atoms with Gasteiger partial charge < -0.3 is 5.11 Å². The van der Waals surface area contributed by atoms with Gasteiger partial charge in [-0.05, 0) is 31.0 Å². The van der Waals surface area contributed by atoms with Crippen molar-refractivity contribution < 1.29 is 14.0 Å². The quantitative estimate of drug-likeness (QED) is 0.686. The molecule has 3 heteroatoms. The van der Waals surface area contributed by atoms with Gasteiger partial charge in [0.25, 0.3) is 0 Å². The lowest BCUT2D eigenvalue weighted by molar-refractivity contribution is 0.112. The molecule has 12 heavy (non-hydrogen) atoms. The number of aromatic hydroxyl groups is 1. The van der Waals surface area contributed by atoms with E-state index in [1.165, 1.54) is 6.07 Å². The molecule has 0 heterocycles. The van der Waals surface area contributed by atoms with Crippen molar-refractivity contribution in [1.29, 1.82) is 0 Å². The number of hydrogen-bond donors (Lipinski definition) is 1. The third-order valence-electron chi connectivity index (χ3n) is 1.58. The van der Waals surface area contributed by atoms with Gasteiger partial charge in [-0.25, -0.2) is 0 Å². The Balaban J connectivity index is 3.66. The molecule has 0 saturated heterocycles. The number of rotatable bonds is 1. The molecule has 2 nitrogen and oxygen atoms in total. The molecular weight excluding hydrogens is 176 g/mol. The first-order valence-electron chi connectivity index (χ1n) is 4.76. The first-order valence-corrected chi connectivity index (χ1v) is 3.64. The molecule has 0 saturated carbocycles. The van der Waals surface area contributed by atoms with Crippen molar-refractivity contribution >= 4 is 17.9 Å². The van der Waals surface area contributed by atoms with Crippen molar-refractivity contribution in [2.45, 2.75) is 13.8 Å². The van der Waals surface area contributed by atoms with Gasteiger partial charge in [-0.3, -0.25) is 4.79 Å². The van der Waals surface area contributed by atoms with Crippen molar-refractivity contribution in [3.63, 3.8) is 0 Å². The highest BCUT2D eigenvalue weighted by molar-refractivity contribution is 6.32. The van der Waals surface area contributed by atoms with Gasteiger partial charge in [0.1, 0.15) is 5.75 Å². The summed E-state index contributed by atoms with van der Waals surface area (Å²) in [5.41, 5.74) is -0.145. The smallest absolute Gasteiger partial charge is 0.154 e. The van der Waals surface area contributed by atoms with Crippen LogP contribution in [0.1, 0.15) is 25.6 Å². The molecule has 0 fully saturated rings. The Hall–Kier alpha value is -1.02. The summed E-state index contributed by atoms with van der Waals surface area (Å²) in [7, 11) is 0. The van der Waals surface area contributed by atoms with Crippen LogP contribution in [0.25, 0.3) is 0 Å². The fraction of sp³-hybridized carbons (Fsp3) is 0.222. The molecule has 64 valence electrons. The Kier molecular flexibility index (Phi) is 1.47. The summed E-state index contributed by atoms with van der Waals surface area (Å²) in [5.74, 6) is -0.363. The number of phenolic OH excluding ortho intramolecular Hbond substituents is 1. The zero-order chi connectivity index (χ0) is 11.8. The molecule has 0 aliphatic heterocycles. The first kappa shape index (κ1) is 5.60. The van der Waals surface area contributed by atoms with E-state index in [0.717, 1.165) is 0 Å². The van der Waals surface area contributed by atoms with Crippen molar-refractivity contribution in [2.75, 3.05) is 0 Å². The van der Waals surface area contributed by atoms with Gasteiger partial charge in [0.15, 0.2) is 6.29 Å². The standard InChI is InChI=1S/C9H9ClO2/c1-5-3-8(12)7(4-11)6(2)9(5)10/h3-4,12H,1-2H3/i2D3. The first-order chi connectivity index (χ1) is 6.79. The highest BCUT2D eigenvalue weighted by Gasteiger charge is 2.09. The topological polar surface area (TPSA) is 37.3 Å². The van der Waals surface area contributed by atoms with Crippen LogP contribution >= 0.6 is 11.6 Å². The second kappa shape index (κ2) is 3.15. The molecule has 1 N–H and O–H groups in total. The molecule has 0 radical (unpaired) electrons. The minimum Gasteiger partial charge on any atom is -0.507 e. The molecule has 0 spiro atoms. The third kappa shape index (κ3) is 1.30. The van der Waals surface area contributed by atoms with Crippen LogP contribution < -0.4 is 0 Å². The lowest BCUT2D eigenvalue weighted by Gasteiger charge is -2.06. The van der Waals surface area contributed by atoms with E-state index < -0.39 is 6.85 Å². The van der Waals surface area contributed by atoms with Crippen LogP contribution in [-0.2, 0) is 0 Å². The summed E-state index contributed by atoms with van der Waals surface area (Å²) in [5, 5.41) is 9.42. The molecule has 0 aliphatic carbocycles. The number of aryl methyl sites for hydroxylation is 1. The van der Waals surface area contributed by atoms with Crippen molar-refractivity contribution in [3.05, 3.63) is 27.8 Å². The molecule has 0 amide bonds. The molecule has 0 aromatic heterocycles. The van der Waals surface area contributed by atoms with Crippen LogP contribution in [-0.4, -0.2) is 11.4 Å². The SMILES string of the molecule is [2H]C([2H])([2H])c1c(Cl)c(C)cc(O)c1C=O. The predicted octanol–water partition coefficient (Wildman–Crippen LogP) is 2.47. The zero-order valence-corrected chi connectivity index (χ0v) is 7.14. The highest BCUT2D eigenvalue weighted by atomic mass is 35.5. The lowest BCUT2D eigenvalue weighted by Crippen LogP contribution is -1.90. The molecule has 0 unspecified atom stereocenters. The van der Waals surface area contributed by atoms with Gasteiger partial charge in [-0.1, -0.05) is 11.6 Å². The predicted molar refractivity (Wildman–Crippen MR) is 48.0 cm³/mol. The van der Waals surface area contributed by atoms with E-state index in [1.54, 1.807) is 6.92 Å². The van der Waals surface area contributed by atoms with Crippen molar-refractivity contribution in [2.24, 2.45) is 0 Å². The van der Waals surface area contributed by atoms with Gasteiger partial charge in [-0.15, -0.1) is 0 Å². The Morgan fingerprint density at radius 1 is 1.75 bits per heavy atom. The maximum atomic E-state index is 10.7. The Bertz CT molecular complexity index is 413. The number of phenols is 1. The second-order valence-electron chi connectivity index (χ2n) is 2.43. The average Bonchev–Trinajstić information content (AvgIpc) is 2.08. The van der Waals surface area contributed by atoms with Crippen LogP contribution in [0.15, 0.2) is 6.07 Å². The summed E-state index contributed by atoms with van der Waals surface area (Å²) in [6.07, 6.45) is 0.294. The van der Waals surface area contributed by atoms with E-state index >= 15 is 0 Å². The lowest BCUT2D eigenvalue weighted by atomic mass is 10.1. The van der Waals surface area contributed by atoms with Gasteiger partial charge in [0.05, 0.1) is 5.56 Å². The van der Waals surface area contributed by atoms with Gasteiger partial charge in [0, 0.05) is 9.13 Å². The van der Waals surface area contributed by atoms with E-state index in [1.807, 2.05) is 0 Å². The highest BCUT2D eigenvalue weighted by Crippen LogP contribution is 2.29. The summed E-state index contributed by atoms with van der Waals surface area (Å²) >= 11 is 5.80. The fourth-order valence-corrected chi connectivity index (χ4v) is 1.07. The maximum Gasteiger partial charge on any atom is 0.154 e. The molecule has 0 atom stereocenters. The number of aldehydes is 1. The number of carbonyl (C=O) groups is 1. The molecular formula is C9H9ClO2. The summed E-state index contributed by atoms with van der Waals surface area (Å²) in [6, 6.07) is 1.27. The molecule has 1 rings (SSSR count). The molecule has 0 bridgehead atoms. The molecule has 0 aliphatic rings. The van der Waals surface area contributed by atoms with E-state index in [9.17, 15) is 9.90 Å². The molecule has 1 aromatic carbocycles. The maximum absolute atomic E-state index is 10.7. The van der Waals surface area contributed by atoms with E-state index in [4.69, 9.17) is 15.7 Å². The van der Waals surface area contributed by atoms with Gasteiger partial charge in [0.2, 0.25) is 0 Å². The fourth-order valence-electron chi connectivity index (χ4n) is 0.909. The minimum atomic E-state index is -2.52. The van der Waals surface area contributed by atoms with Crippen LogP contribution in [0.4, 0.5) is 0 Å². The van der Waals surface area contributed by atoms with Crippen LogP contribution in [0.5, 0.6) is 5.75 Å². The van der Waals surface area contributed by atoms with Crippen molar-refractivity contribution in [3.8, 4) is 5.75 Å². The normalized spacial score (nSPS) is 14.7. The number of carbonyl (C=O) groups excluding carboxylic acids is 1. The van der Waals surface area contributed by atoms with Gasteiger partial charge >= 0.3 is 0 Å². The Morgan fingerprint density at radius 3 is 2.92 bits per heavy atom. The minimum absolute atomic E-state index is 0.00472.